The van der Waals surface area contributed by atoms with Gasteiger partial charge in [0, 0.05) is 11.8 Å². The van der Waals surface area contributed by atoms with E-state index < -0.39 is 11.6 Å². The van der Waals surface area contributed by atoms with Gasteiger partial charge < -0.3 is 4.74 Å². The highest BCUT2D eigenvalue weighted by atomic mass is 32.2. The summed E-state index contributed by atoms with van der Waals surface area (Å²) in [5, 5.41) is 0.859. The SMILES string of the molecule is COc1ccccc1-n1c(SCc2ccc(F)cc2F)nc2ccccc2c1=O. The van der Waals surface area contributed by atoms with Gasteiger partial charge in [-0.1, -0.05) is 42.1 Å². The molecule has 7 heteroatoms. The van der Waals surface area contributed by atoms with Crippen molar-refractivity contribution >= 4 is 22.7 Å². The number of fused-ring (bicyclic) bond motifs is 1. The number of para-hydroxylation sites is 3. The van der Waals surface area contributed by atoms with Crippen LogP contribution in [0.5, 0.6) is 5.75 Å². The van der Waals surface area contributed by atoms with E-state index in [9.17, 15) is 13.6 Å². The molecule has 0 aliphatic heterocycles. The number of methoxy groups -OCH3 is 1. The number of ether oxygens (including phenoxy) is 1. The van der Waals surface area contributed by atoms with E-state index in [0.717, 1.165) is 6.07 Å². The molecule has 0 atom stereocenters. The fraction of sp³-hybridized carbons (Fsp3) is 0.0909. The minimum atomic E-state index is -0.635. The highest BCUT2D eigenvalue weighted by Crippen LogP contribution is 2.29. The molecule has 0 radical (unpaired) electrons. The molecular weight excluding hydrogens is 394 g/mol. The maximum atomic E-state index is 14.1. The zero-order valence-corrected chi connectivity index (χ0v) is 16.2. The quantitative estimate of drug-likeness (QED) is 0.344. The van der Waals surface area contributed by atoms with Crippen LogP contribution in [0.4, 0.5) is 8.78 Å². The number of hydrogen-bond acceptors (Lipinski definition) is 4. The van der Waals surface area contributed by atoms with E-state index in [1.54, 1.807) is 42.5 Å². The second-order valence-corrected chi connectivity index (χ2v) is 7.19. The standard InChI is InChI=1S/C22H16F2N2O2S/c1-28-20-9-5-4-8-19(20)26-21(27)16-6-2-3-7-18(16)25-22(26)29-13-14-10-11-15(23)12-17(14)24/h2-12H,13H2,1H3. The topological polar surface area (TPSA) is 44.1 Å². The molecule has 0 unspecified atom stereocenters. The number of aromatic nitrogens is 2. The molecule has 1 heterocycles. The Labute approximate surface area is 169 Å². The number of hydrogen-bond donors (Lipinski definition) is 0. The summed E-state index contributed by atoms with van der Waals surface area (Å²) in [6.07, 6.45) is 0. The maximum Gasteiger partial charge on any atom is 0.266 e. The minimum absolute atomic E-state index is 0.187. The summed E-state index contributed by atoms with van der Waals surface area (Å²) < 4.78 is 34.1. The van der Waals surface area contributed by atoms with Crippen molar-refractivity contribution in [2.75, 3.05) is 7.11 Å². The minimum Gasteiger partial charge on any atom is -0.495 e. The van der Waals surface area contributed by atoms with Gasteiger partial charge in [-0.2, -0.15) is 0 Å². The Morgan fingerprint density at radius 3 is 2.59 bits per heavy atom. The van der Waals surface area contributed by atoms with Crippen LogP contribution >= 0.6 is 11.8 Å². The van der Waals surface area contributed by atoms with Crippen LogP contribution in [0.15, 0.2) is 76.7 Å². The van der Waals surface area contributed by atoms with Gasteiger partial charge in [0.1, 0.15) is 17.4 Å². The Balaban J connectivity index is 1.86. The van der Waals surface area contributed by atoms with Crippen LogP contribution in [0.3, 0.4) is 0 Å². The summed E-state index contributed by atoms with van der Waals surface area (Å²) in [7, 11) is 1.53. The van der Waals surface area contributed by atoms with Crippen molar-refractivity contribution in [3.63, 3.8) is 0 Å². The maximum absolute atomic E-state index is 14.1. The average molecular weight is 410 g/mol. The van der Waals surface area contributed by atoms with Crippen molar-refractivity contribution in [3.8, 4) is 11.4 Å². The van der Waals surface area contributed by atoms with E-state index in [1.165, 1.54) is 35.6 Å². The van der Waals surface area contributed by atoms with Gasteiger partial charge in [0.25, 0.3) is 5.56 Å². The fourth-order valence-electron chi connectivity index (χ4n) is 3.02. The third-order valence-corrected chi connectivity index (χ3v) is 5.43. The van der Waals surface area contributed by atoms with Crippen LogP contribution in [0, 0.1) is 11.6 Å². The normalized spacial score (nSPS) is 11.0. The van der Waals surface area contributed by atoms with Crippen molar-refractivity contribution < 1.29 is 13.5 Å². The lowest BCUT2D eigenvalue weighted by Crippen LogP contribution is -2.22. The first-order chi connectivity index (χ1) is 14.1. The van der Waals surface area contributed by atoms with Crippen LogP contribution in [0.25, 0.3) is 16.6 Å². The monoisotopic (exact) mass is 410 g/mol. The molecule has 0 fully saturated rings. The lowest BCUT2D eigenvalue weighted by Gasteiger charge is -2.15. The van der Waals surface area contributed by atoms with Crippen molar-refractivity contribution in [2.45, 2.75) is 10.9 Å². The van der Waals surface area contributed by atoms with Crippen LogP contribution in [-0.2, 0) is 5.75 Å². The molecule has 4 aromatic rings. The Morgan fingerprint density at radius 1 is 1.03 bits per heavy atom. The first-order valence-electron chi connectivity index (χ1n) is 8.80. The fourth-order valence-corrected chi connectivity index (χ4v) is 4.01. The lowest BCUT2D eigenvalue weighted by molar-refractivity contribution is 0.411. The average Bonchev–Trinajstić information content (AvgIpc) is 2.73. The lowest BCUT2D eigenvalue weighted by atomic mass is 10.2. The van der Waals surface area contributed by atoms with E-state index in [0.29, 0.717) is 33.1 Å². The Hall–Kier alpha value is -3.19. The van der Waals surface area contributed by atoms with Crippen LogP contribution in [0.2, 0.25) is 0 Å². The predicted molar refractivity (Wildman–Crippen MR) is 110 cm³/mol. The molecule has 0 amide bonds. The van der Waals surface area contributed by atoms with Crippen molar-refractivity contribution in [1.29, 1.82) is 0 Å². The van der Waals surface area contributed by atoms with E-state index in [-0.39, 0.29) is 11.3 Å². The highest BCUT2D eigenvalue weighted by molar-refractivity contribution is 7.98. The van der Waals surface area contributed by atoms with Crippen molar-refractivity contribution in [1.82, 2.24) is 9.55 Å². The molecule has 146 valence electrons. The number of benzene rings is 3. The highest BCUT2D eigenvalue weighted by Gasteiger charge is 2.17. The second-order valence-electron chi connectivity index (χ2n) is 6.25. The first-order valence-corrected chi connectivity index (χ1v) is 9.79. The first kappa shape index (κ1) is 19.1. The molecule has 0 saturated carbocycles. The molecule has 0 bridgehead atoms. The smallest absolute Gasteiger partial charge is 0.266 e. The summed E-state index contributed by atoms with van der Waals surface area (Å²) >= 11 is 1.20. The van der Waals surface area contributed by atoms with E-state index >= 15 is 0 Å². The van der Waals surface area contributed by atoms with Gasteiger partial charge in [-0.05, 0) is 35.9 Å². The van der Waals surface area contributed by atoms with Gasteiger partial charge in [-0.15, -0.1) is 0 Å². The molecule has 0 saturated heterocycles. The van der Waals surface area contributed by atoms with Gasteiger partial charge in [0.15, 0.2) is 5.16 Å². The largest absolute Gasteiger partial charge is 0.495 e. The molecule has 0 aliphatic carbocycles. The third kappa shape index (κ3) is 3.73. The van der Waals surface area contributed by atoms with E-state index in [2.05, 4.69) is 4.98 Å². The van der Waals surface area contributed by atoms with Gasteiger partial charge in [-0.3, -0.25) is 9.36 Å². The van der Waals surface area contributed by atoms with Crippen LogP contribution in [-0.4, -0.2) is 16.7 Å². The number of nitrogens with zero attached hydrogens (tertiary/aromatic N) is 2. The molecule has 0 N–H and O–H groups in total. The molecule has 0 aliphatic rings. The summed E-state index contributed by atoms with van der Waals surface area (Å²) in [5.74, 6) is -0.566. The predicted octanol–water partition coefficient (Wildman–Crippen LogP) is 4.96. The summed E-state index contributed by atoms with van der Waals surface area (Å²) in [6.45, 7) is 0. The second kappa shape index (κ2) is 8.05. The van der Waals surface area contributed by atoms with Crippen LogP contribution in [0.1, 0.15) is 5.56 Å². The van der Waals surface area contributed by atoms with Gasteiger partial charge >= 0.3 is 0 Å². The summed E-state index contributed by atoms with van der Waals surface area (Å²) in [6, 6.07) is 17.6. The van der Waals surface area contributed by atoms with Crippen molar-refractivity contribution in [3.05, 3.63) is 94.3 Å². The summed E-state index contributed by atoms with van der Waals surface area (Å²) in [4.78, 5) is 17.9. The Bertz CT molecular complexity index is 1260. The molecule has 29 heavy (non-hydrogen) atoms. The van der Waals surface area contributed by atoms with Gasteiger partial charge in [0.05, 0.1) is 23.7 Å². The van der Waals surface area contributed by atoms with E-state index in [4.69, 9.17) is 4.74 Å². The van der Waals surface area contributed by atoms with Crippen molar-refractivity contribution in [2.24, 2.45) is 0 Å². The van der Waals surface area contributed by atoms with E-state index in [1.807, 2.05) is 6.07 Å². The number of thioether (sulfide) groups is 1. The zero-order valence-electron chi connectivity index (χ0n) is 15.4. The molecular formula is C22H16F2N2O2S. The molecule has 3 aromatic carbocycles. The Kier molecular flexibility index (Phi) is 5.31. The molecule has 0 spiro atoms. The van der Waals surface area contributed by atoms with Gasteiger partial charge in [-0.25, -0.2) is 13.8 Å². The molecule has 4 nitrogen and oxygen atoms in total. The zero-order chi connectivity index (χ0) is 20.4. The Morgan fingerprint density at radius 2 is 1.79 bits per heavy atom. The third-order valence-electron chi connectivity index (χ3n) is 4.44. The number of halogens is 2. The molecule has 4 rings (SSSR count). The van der Waals surface area contributed by atoms with Gasteiger partial charge in [0.2, 0.25) is 0 Å². The number of rotatable bonds is 5. The molecule has 1 aromatic heterocycles. The van der Waals surface area contributed by atoms with Crippen LogP contribution < -0.4 is 10.3 Å². The summed E-state index contributed by atoms with van der Waals surface area (Å²) in [5.41, 5.74) is 1.17.